The standard InChI is InChI=1S/C13H15NO5S/c1-8-2-3-10(6-11(8)13(16)17)14-12(15)9-4-5-20(18,19)7-9/h2-3,6,9H,4-5,7H2,1H3,(H,14,15)(H,16,17). The number of hydrogen-bond acceptors (Lipinski definition) is 4. The molecule has 0 aromatic heterocycles. The summed E-state index contributed by atoms with van der Waals surface area (Å²) < 4.78 is 22.7. The summed E-state index contributed by atoms with van der Waals surface area (Å²) in [5, 5.41) is 11.6. The smallest absolute Gasteiger partial charge is 0.336 e. The van der Waals surface area contributed by atoms with Gasteiger partial charge in [-0.3, -0.25) is 4.79 Å². The Balaban J connectivity index is 2.13. The number of sulfone groups is 1. The largest absolute Gasteiger partial charge is 0.478 e. The van der Waals surface area contributed by atoms with E-state index in [1.54, 1.807) is 19.1 Å². The summed E-state index contributed by atoms with van der Waals surface area (Å²) >= 11 is 0. The first-order valence-electron chi connectivity index (χ1n) is 6.14. The fourth-order valence-electron chi connectivity index (χ4n) is 2.18. The summed E-state index contributed by atoms with van der Waals surface area (Å²) in [5.74, 6) is -2.13. The molecule has 1 fully saturated rings. The molecule has 1 aromatic rings. The first-order chi connectivity index (χ1) is 9.28. The highest BCUT2D eigenvalue weighted by atomic mass is 32.2. The lowest BCUT2D eigenvalue weighted by molar-refractivity contribution is -0.119. The fourth-order valence-corrected chi connectivity index (χ4v) is 3.92. The second-order valence-corrected chi connectivity index (χ2v) is 7.15. The summed E-state index contributed by atoms with van der Waals surface area (Å²) in [6, 6.07) is 4.58. The quantitative estimate of drug-likeness (QED) is 0.869. The van der Waals surface area contributed by atoms with Gasteiger partial charge < -0.3 is 10.4 Å². The molecule has 1 aromatic carbocycles. The van der Waals surface area contributed by atoms with Crippen LogP contribution < -0.4 is 5.32 Å². The van der Waals surface area contributed by atoms with E-state index in [1.165, 1.54) is 6.07 Å². The predicted molar refractivity (Wildman–Crippen MR) is 73.5 cm³/mol. The highest BCUT2D eigenvalue weighted by Crippen LogP contribution is 2.21. The number of aryl methyl sites for hydroxylation is 1. The molecule has 1 heterocycles. The number of carbonyl (C=O) groups excluding carboxylic acids is 1. The second kappa shape index (κ2) is 5.24. The highest BCUT2D eigenvalue weighted by molar-refractivity contribution is 7.91. The predicted octanol–water partition coefficient (Wildman–Crippen LogP) is 1.07. The van der Waals surface area contributed by atoms with E-state index in [-0.39, 0.29) is 23.0 Å². The summed E-state index contributed by atoms with van der Waals surface area (Å²) in [7, 11) is -3.12. The molecule has 2 N–H and O–H groups in total. The van der Waals surface area contributed by atoms with Gasteiger partial charge in [-0.15, -0.1) is 0 Å². The van der Waals surface area contributed by atoms with Crippen molar-refractivity contribution in [1.82, 2.24) is 0 Å². The lowest BCUT2D eigenvalue weighted by Crippen LogP contribution is -2.23. The van der Waals surface area contributed by atoms with Gasteiger partial charge in [-0.05, 0) is 31.0 Å². The van der Waals surface area contributed by atoms with E-state index in [2.05, 4.69) is 5.32 Å². The van der Waals surface area contributed by atoms with Gasteiger partial charge in [0.25, 0.3) is 0 Å². The van der Waals surface area contributed by atoms with Crippen molar-refractivity contribution in [2.45, 2.75) is 13.3 Å². The number of carbonyl (C=O) groups is 2. The molecular formula is C13H15NO5S. The third kappa shape index (κ3) is 3.16. The zero-order chi connectivity index (χ0) is 14.9. The maximum Gasteiger partial charge on any atom is 0.336 e. The third-order valence-electron chi connectivity index (χ3n) is 3.34. The average molecular weight is 297 g/mol. The Morgan fingerprint density at radius 2 is 2.05 bits per heavy atom. The first kappa shape index (κ1) is 14.5. The number of rotatable bonds is 3. The number of anilines is 1. The number of nitrogens with one attached hydrogen (secondary N) is 1. The molecule has 2 rings (SSSR count). The van der Waals surface area contributed by atoms with Crippen LogP contribution in [-0.4, -0.2) is 36.9 Å². The van der Waals surface area contributed by atoms with Crippen LogP contribution in [0, 0.1) is 12.8 Å². The SMILES string of the molecule is Cc1ccc(NC(=O)C2CCS(=O)(=O)C2)cc1C(=O)O. The molecular weight excluding hydrogens is 282 g/mol. The maximum atomic E-state index is 11.9. The van der Waals surface area contributed by atoms with Gasteiger partial charge in [0.15, 0.2) is 9.84 Å². The van der Waals surface area contributed by atoms with Crippen molar-refractivity contribution in [1.29, 1.82) is 0 Å². The second-order valence-electron chi connectivity index (χ2n) is 4.92. The Morgan fingerprint density at radius 1 is 1.35 bits per heavy atom. The molecule has 1 amide bonds. The first-order valence-corrected chi connectivity index (χ1v) is 7.96. The minimum Gasteiger partial charge on any atom is -0.478 e. The topological polar surface area (TPSA) is 101 Å². The Hall–Kier alpha value is -1.89. The van der Waals surface area contributed by atoms with Crippen LogP contribution in [0.15, 0.2) is 18.2 Å². The minimum atomic E-state index is -3.12. The molecule has 0 radical (unpaired) electrons. The van der Waals surface area contributed by atoms with Crippen molar-refractivity contribution in [3.63, 3.8) is 0 Å². The fraction of sp³-hybridized carbons (Fsp3) is 0.385. The molecule has 7 heteroatoms. The van der Waals surface area contributed by atoms with Crippen LogP contribution >= 0.6 is 0 Å². The zero-order valence-electron chi connectivity index (χ0n) is 10.9. The lowest BCUT2D eigenvalue weighted by Gasteiger charge is -2.11. The van der Waals surface area contributed by atoms with Crippen molar-refractivity contribution in [3.8, 4) is 0 Å². The molecule has 0 bridgehead atoms. The van der Waals surface area contributed by atoms with Crippen LogP contribution in [-0.2, 0) is 14.6 Å². The number of hydrogen-bond donors (Lipinski definition) is 2. The summed E-state index contributed by atoms with van der Waals surface area (Å²) in [4.78, 5) is 23.0. The average Bonchev–Trinajstić information content (AvgIpc) is 2.72. The molecule has 1 aliphatic rings. The van der Waals surface area contributed by atoms with Crippen molar-refractivity contribution in [2.75, 3.05) is 16.8 Å². The van der Waals surface area contributed by atoms with Crippen LogP contribution in [0.25, 0.3) is 0 Å². The van der Waals surface area contributed by atoms with Crippen LogP contribution in [0.2, 0.25) is 0 Å². The van der Waals surface area contributed by atoms with Gasteiger partial charge in [-0.25, -0.2) is 13.2 Å². The normalized spacial score (nSPS) is 20.6. The number of amides is 1. The van der Waals surface area contributed by atoms with Gasteiger partial charge in [-0.2, -0.15) is 0 Å². The molecule has 0 saturated carbocycles. The van der Waals surface area contributed by atoms with Gasteiger partial charge in [0.05, 0.1) is 23.0 Å². The molecule has 1 atom stereocenters. The Labute approximate surface area is 116 Å². The molecule has 6 nitrogen and oxygen atoms in total. The van der Waals surface area contributed by atoms with Crippen molar-refractivity contribution in [3.05, 3.63) is 29.3 Å². The molecule has 1 unspecified atom stereocenters. The van der Waals surface area contributed by atoms with Gasteiger partial charge >= 0.3 is 5.97 Å². The van der Waals surface area contributed by atoms with Crippen LogP contribution in [0.3, 0.4) is 0 Å². The molecule has 1 aliphatic heterocycles. The maximum absolute atomic E-state index is 11.9. The molecule has 0 aliphatic carbocycles. The Kier molecular flexibility index (Phi) is 3.80. The molecule has 0 spiro atoms. The van der Waals surface area contributed by atoms with E-state index in [4.69, 9.17) is 5.11 Å². The third-order valence-corrected chi connectivity index (χ3v) is 5.11. The Morgan fingerprint density at radius 3 is 2.60 bits per heavy atom. The van der Waals surface area contributed by atoms with E-state index in [0.29, 0.717) is 17.7 Å². The Bertz CT molecular complexity index is 665. The zero-order valence-corrected chi connectivity index (χ0v) is 11.7. The molecule has 20 heavy (non-hydrogen) atoms. The van der Waals surface area contributed by atoms with Crippen molar-refractivity contribution in [2.24, 2.45) is 5.92 Å². The van der Waals surface area contributed by atoms with E-state index in [9.17, 15) is 18.0 Å². The minimum absolute atomic E-state index is 0.0271. The summed E-state index contributed by atoms with van der Waals surface area (Å²) in [6.45, 7) is 1.67. The number of aromatic carboxylic acids is 1. The van der Waals surface area contributed by atoms with E-state index in [0.717, 1.165) is 0 Å². The highest BCUT2D eigenvalue weighted by Gasteiger charge is 2.32. The van der Waals surface area contributed by atoms with Crippen molar-refractivity contribution >= 4 is 27.4 Å². The molecule has 1 saturated heterocycles. The van der Waals surface area contributed by atoms with Gasteiger partial charge in [0.2, 0.25) is 5.91 Å². The van der Waals surface area contributed by atoms with Crippen LogP contribution in [0.5, 0.6) is 0 Å². The van der Waals surface area contributed by atoms with E-state index < -0.39 is 21.7 Å². The molecule has 108 valence electrons. The van der Waals surface area contributed by atoms with E-state index >= 15 is 0 Å². The van der Waals surface area contributed by atoms with Gasteiger partial charge in [0, 0.05) is 5.69 Å². The van der Waals surface area contributed by atoms with Gasteiger partial charge in [-0.1, -0.05) is 6.07 Å². The van der Waals surface area contributed by atoms with Crippen LogP contribution in [0.4, 0.5) is 5.69 Å². The van der Waals surface area contributed by atoms with E-state index in [1.807, 2.05) is 0 Å². The van der Waals surface area contributed by atoms with Crippen molar-refractivity contribution < 1.29 is 23.1 Å². The van der Waals surface area contributed by atoms with Crippen LogP contribution in [0.1, 0.15) is 22.3 Å². The van der Waals surface area contributed by atoms with Gasteiger partial charge in [0.1, 0.15) is 0 Å². The summed E-state index contributed by atoms with van der Waals surface area (Å²) in [5.41, 5.74) is 1.07. The number of carboxylic acids is 1. The summed E-state index contributed by atoms with van der Waals surface area (Å²) in [6.07, 6.45) is 0.311. The monoisotopic (exact) mass is 297 g/mol. The number of benzene rings is 1. The lowest BCUT2D eigenvalue weighted by atomic mass is 10.1. The number of carboxylic acid groups (broad SMARTS) is 1.